The monoisotopic (exact) mass is 302 g/mol. The highest BCUT2D eigenvalue weighted by molar-refractivity contribution is 7.13. The van der Waals surface area contributed by atoms with Crippen molar-refractivity contribution in [3.05, 3.63) is 41.4 Å². The molecule has 112 valence electrons. The zero-order valence-electron chi connectivity index (χ0n) is 13.1. The molecule has 0 aliphatic heterocycles. The third-order valence-electron chi connectivity index (χ3n) is 3.33. The van der Waals surface area contributed by atoms with Gasteiger partial charge in [0.15, 0.2) is 0 Å². The van der Waals surface area contributed by atoms with E-state index in [9.17, 15) is 4.79 Å². The van der Waals surface area contributed by atoms with Gasteiger partial charge in [-0.15, -0.1) is 11.3 Å². The molecule has 0 saturated heterocycles. The minimum Gasteiger partial charge on any atom is -0.338 e. The highest BCUT2D eigenvalue weighted by atomic mass is 32.1. The van der Waals surface area contributed by atoms with Crippen molar-refractivity contribution >= 4 is 17.2 Å². The first-order chi connectivity index (χ1) is 9.91. The molecule has 0 N–H and O–H groups in total. The number of hydrogen-bond acceptors (Lipinski definition) is 3. The molecular formula is C17H22N2OS. The molecular weight excluding hydrogens is 280 g/mol. The number of nitrogens with zero attached hydrogens (tertiary/aromatic N) is 2. The van der Waals surface area contributed by atoms with Crippen molar-refractivity contribution in [2.75, 3.05) is 6.54 Å². The van der Waals surface area contributed by atoms with Crippen molar-refractivity contribution in [3.8, 4) is 10.6 Å². The Balaban J connectivity index is 2.11. The van der Waals surface area contributed by atoms with Crippen LogP contribution in [0, 0.1) is 0 Å². The Labute approximate surface area is 130 Å². The second kappa shape index (κ2) is 6.39. The lowest BCUT2D eigenvalue weighted by atomic mass is 10.1. The lowest BCUT2D eigenvalue weighted by molar-refractivity contribution is -0.134. The van der Waals surface area contributed by atoms with Gasteiger partial charge in [-0.3, -0.25) is 4.79 Å². The minimum atomic E-state index is -0.149. The van der Waals surface area contributed by atoms with Crippen LogP contribution in [0.15, 0.2) is 35.7 Å². The fourth-order valence-corrected chi connectivity index (χ4v) is 3.20. The van der Waals surface area contributed by atoms with Crippen LogP contribution in [0.1, 0.15) is 33.4 Å². The van der Waals surface area contributed by atoms with E-state index in [-0.39, 0.29) is 11.4 Å². The molecule has 2 rings (SSSR count). The maximum absolute atomic E-state index is 12.4. The van der Waals surface area contributed by atoms with Gasteiger partial charge in [-0.1, -0.05) is 30.3 Å². The molecule has 1 heterocycles. The average Bonchev–Trinajstić information content (AvgIpc) is 2.87. The molecule has 0 radical (unpaired) electrons. The molecule has 0 atom stereocenters. The van der Waals surface area contributed by atoms with E-state index in [0.29, 0.717) is 6.42 Å². The number of rotatable bonds is 4. The SMILES string of the molecule is CCN(C(=O)Cc1csc(-c2ccccc2)n1)C(C)(C)C. The van der Waals surface area contributed by atoms with Crippen LogP contribution in [0.3, 0.4) is 0 Å². The molecule has 21 heavy (non-hydrogen) atoms. The summed E-state index contributed by atoms with van der Waals surface area (Å²) in [6.45, 7) is 8.91. The average molecular weight is 302 g/mol. The van der Waals surface area contributed by atoms with Crippen LogP contribution >= 0.6 is 11.3 Å². The van der Waals surface area contributed by atoms with E-state index in [1.165, 1.54) is 0 Å². The molecule has 1 aromatic heterocycles. The predicted octanol–water partition coefficient (Wildman–Crippen LogP) is 4.00. The van der Waals surface area contributed by atoms with Crippen LogP contribution in [-0.4, -0.2) is 27.9 Å². The fourth-order valence-electron chi connectivity index (χ4n) is 2.38. The van der Waals surface area contributed by atoms with Gasteiger partial charge in [-0.25, -0.2) is 4.98 Å². The molecule has 0 saturated carbocycles. The first-order valence-corrected chi connectivity index (χ1v) is 8.10. The molecule has 0 aliphatic carbocycles. The van der Waals surface area contributed by atoms with E-state index in [2.05, 4.69) is 25.8 Å². The Bertz CT molecular complexity index is 599. The van der Waals surface area contributed by atoms with Gasteiger partial charge in [-0.2, -0.15) is 0 Å². The summed E-state index contributed by atoms with van der Waals surface area (Å²) in [5.74, 6) is 0.134. The zero-order chi connectivity index (χ0) is 15.5. The zero-order valence-corrected chi connectivity index (χ0v) is 13.9. The lowest BCUT2D eigenvalue weighted by Gasteiger charge is -2.34. The molecule has 4 heteroatoms. The van der Waals surface area contributed by atoms with Crippen molar-refractivity contribution in [2.24, 2.45) is 0 Å². The number of benzene rings is 1. The summed E-state index contributed by atoms with van der Waals surface area (Å²) < 4.78 is 0. The third-order valence-corrected chi connectivity index (χ3v) is 4.27. The first-order valence-electron chi connectivity index (χ1n) is 7.22. The molecule has 2 aromatic rings. The normalized spacial score (nSPS) is 11.4. The Kier molecular flexibility index (Phi) is 4.78. The number of hydrogen-bond donors (Lipinski definition) is 0. The van der Waals surface area contributed by atoms with Crippen LogP contribution in [0.2, 0.25) is 0 Å². The van der Waals surface area contributed by atoms with Gasteiger partial charge in [0.2, 0.25) is 5.91 Å². The van der Waals surface area contributed by atoms with Gasteiger partial charge in [0, 0.05) is 23.0 Å². The second-order valence-corrected chi connectivity index (χ2v) is 6.85. The van der Waals surface area contributed by atoms with E-state index >= 15 is 0 Å². The smallest absolute Gasteiger partial charge is 0.229 e. The maximum atomic E-state index is 12.4. The van der Waals surface area contributed by atoms with Crippen LogP contribution in [0.5, 0.6) is 0 Å². The molecule has 1 amide bonds. The van der Waals surface area contributed by atoms with E-state index < -0.39 is 0 Å². The summed E-state index contributed by atoms with van der Waals surface area (Å²) in [6, 6.07) is 10.1. The maximum Gasteiger partial charge on any atom is 0.229 e. The van der Waals surface area contributed by atoms with Crippen LogP contribution in [0.25, 0.3) is 10.6 Å². The Morgan fingerprint density at radius 2 is 1.90 bits per heavy atom. The van der Waals surface area contributed by atoms with Crippen molar-refractivity contribution in [3.63, 3.8) is 0 Å². The molecule has 1 aromatic carbocycles. The molecule has 0 bridgehead atoms. The number of aromatic nitrogens is 1. The van der Waals surface area contributed by atoms with Gasteiger partial charge < -0.3 is 4.90 Å². The Morgan fingerprint density at radius 1 is 1.24 bits per heavy atom. The third kappa shape index (κ3) is 3.91. The molecule has 0 aliphatic rings. The van der Waals surface area contributed by atoms with E-state index in [1.807, 2.05) is 47.5 Å². The van der Waals surface area contributed by atoms with Gasteiger partial charge in [0.1, 0.15) is 5.01 Å². The molecule has 3 nitrogen and oxygen atoms in total. The lowest BCUT2D eigenvalue weighted by Crippen LogP contribution is -2.46. The highest BCUT2D eigenvalue weighted by Gasteiger charge is 2.25. The van der Waals surface area contributed by atoms with Gasteiger partial charge >= 0.3 is 0 Å². The van der Waals surface area contributed by atoms with Crippen molar-refractivity contribution in [1.82, 2.24) is 9.88 Å². The van der Waals surface area contributed by atoms with E-state index in [1.54, 1.807) is 11.3 Å². The number of likely N-dealkylation sites (N-methyl/N-ethyl adjacent to an activating group) is 1. The number of thiazole rings is 1. The molecule has 0 unspecified atom stereocenters. The quantitative estimate of drug-likeness (QED) is 0.855. The molecule has 0 fully saturated rings. The van der Waals surface area contributed by atoms with E-state index in [4.69, 9.17) is 0 Å². The largest absolute Gasteiger partial charge is 0.338 e. The fraction of sp³-hybridized carbons (Fsp3) is 0.412. The van der Waals surface area contributed by atoms with Crippen molar-refractivity contribution < 1.29 is 4.79 Å². The summed E-state index contributed by atoms with van der Waals surface area (Å²) in [5, 5.41) is 2.95. The Morgan fingerprint density at radius 3 is 2.48 bits per heavy atom. The summed E-state index contributed by atoms with van der Waals surface area (Å²) in [6.07, 6.45) is 0.369. The first kappa shape index (κ1) is 15.7. The van der Waals surface area contributed by atoms with Crippen molar-refractivity contribution in [2.45, 2.75) is 39.7 Å². The summed E-state index contributed by atoms with van der Waals surface area (Å²) in [4.78, 5) is 18.9. The van der Waals surface area contributed by atoms with E-state index in [0.717, 1.165) is 22.8 Å². The number of amides is 1. The van der Waals surface area contributed by atoms with Gasteiger partial charge in [0.25, 0.3) is 0 Å². The summed E-state index contributed by atoms with van der Waals surface area (Å²) in [7, 11) is 0. The molecule has 0 spiro atoms. The topological polar surface area (TPSA) is 33.2 Å². The van der Waals surface area contributed by atoms with Crippen LogP contribution in [-0.2, 0) is 11.2 Å². The van der Waals surface area contributed by atoms with Crippen LogP contribution in [0.4, 0.5) is 0 Å². The van der Waals surface area contributed by atoms with Crippen molar-refractivity contribution in [1.29, 1.82) is 0 Å². The number of carbonyl (C=O) groups is 1. The Hall–Kier alpha value is -1.68. The standard InChI is InChI=1S/C17H22N2OS/c1-5-19(17(2,3)4)15(20)11-14-12-21-16(18-14)13-9-7-6-8-10-13/h6-10,12H,5,11H2,1-4H3. The predicted molar refractivity (Wildman–Crippen MR) is 88.4 cm³/mol. The second-order valence-electron chi connectivity index (χ2n) is 6.00. The minimum absolute atomic E-state index is 0.134. The van der Waals surface area contributed by atoms with Gasteiger partial charge in [-0.05, 0) is 27.7 Å². The van der Waals surface area contributed by atoms with Gasteiger partial charge in [0.05, 0.1) is 12.1 Å². The van der Waals surface area contributed by atoms with Crippen LogP contribution < -0.4 is 0 Å². The summed E-state index contributed by atoms with van der Waals surface area (Å²) >= 11 is 1.59. The highest BCUT2D eigenvalue weighted by Crippen LogP contribution is 2.24. The number of carbonyl (C=O) groups excluding carboxylic acids is 1. The summed E-state index contributed by atoms with van der Waals surface area (Å²) in [5.41, 5.74) is 1.81.